The number of rotatable bonds is 9. The molecule has 0 bridgehead atoms. The summed E-state index contributed by atoms with van der Waals surface area (Å²) in [6.07, 6.45) is 2.40. The van der Waals surface area contributed by atoms with Crippen molar-refractivity contribution in [3.63, 3.8) is 0 Å². The second-order valence-electron chi connectivity index (χ2n) is 7.69. The van der Waals surface area contributed by atoms with Crippen LogP contribution in [0.3, 0.4) is 0 Å². The molecule has 34 heavy (non-hydrogen) atoms. The number of methoxy groups -OCH3 is 1. The van der Waals surface area contributed by atoms with E-state index in [9.17, 15) is 14.4 Å². The second kappa shape index (κ2) is 10.5. The highest BCUT2D eigenvalue weighted by atomic mass is 16.5. The van der Waals surface area contributed by atoms with Gasteiger partial charge in [0.05, 0.1) is 18.4 Å². The first-order valence-electron chi connectivity index (χ1n) is 10.8. The van der Waals surface area contributed by atoms with Gasteiger partial charge in [0.1, 0.15) is 5.75 Å². The number of aromatic nitrogens is 1. The number of nitrogens with one attached hydrogen (secondary N) is 2. The van der Waals surface area contributed by atoms with Crippen LogP contribution in [0.25, 0.3) is 10.9 Å². The number of H-pyrrole nitrogens is 1. The zero-order chi connectivity index (χ0) is 23.9. The number of fused-ring (bicyclic) bond motifs is 1. The fraction of sp³-hybridized carbons (Fsp3) is 0.148. The quantitative estimate of drug-likeness (QED) is 0.279. The van der Waals surface area contributed by atoms with Crippen LogP contribution in [0.5, 0.6) is 5.75 Å². The summed E-state index contributed by atoms with van der Waals surface area (Å²) >= 11 is 0. The molecule has 2 N–H and O–H groups in total. The van der Waals surface area contributed by atoms with Crippen molar-refractivity contribution < 1.29 is 23.9 Å². The molecule has 0 aliphatic rings. The van der Waals surface area contributed by atoms with Crippen LogP contribution in [0.4, 0.5) is 5.69 Å². The van der Waals surface area contributed by atoms with Crippen LogP contribution >= 0.6 is 0 Å². The summed E-state index contributed by atoms with van der Waals surface area (Å²) in [5, 5.41) is 3.54. The predicted molar refractivity (Wildman–Crippen MR) is 129 cm³/mol. The molecule has 0 aliphatic carbocycles. The van der Waals surface area contributed by atoms with Gasteiger partial charge in [-0.05, 0) is 42.3 Å². The number of ketones is 1. The van der Waals surface area contributed by atoms with E-state index in [-0.39, 0.29) is 23.7 Å². The SMILES string of the molecule is COc1ccc(CCC(=O)Nc2ccccc2C(=O)OCC(=O)c2c[nH]c3ccccc23)cc1. The lowest BCUT2D eigenvalue weighted by atomic mass is 10.1. The summed E-state index contributed by atoms with van der Waals surface area (Å²) in [7, 11) is 1.60. The Labute approximate surface area is 196 Å². The van der Waals surface area contributed by atoms with Crippen LogP contribution in [-0.4, -0.2) is 36.4 Å². The van der Waals surface area contributed by atoms with E-state index in [2.05, 4.69) is 10.3 Å². The molecule has 1 amide bonds. The number of hydrogen-bond acceptors (Lipinski definition) is 5. The minimum Gasteiger partial charge on any atom is -0.497 e. The molecule has 0 radical (unpaired) electrons. The van der Waals surface area contributed by atoms with Gasteiger partial charge in [0, 0.05) is 29.1 Å². The number of ether oxygens (including phenoxy) is 2. The Hall–Kier alpha value is -4.39. The molecule has 0 saturated heterocycles. The maximum Gasteiger partial charge on any atom is 0.340 e. The highest BCUT2D eigenvalue weighted by Gasteiger charge is 2.18. The molecule has 1 heterocycles. The molecule has 7 heteroatoms. The lowest BCUT2D eigenvalue weighted by Crippen LogP contribution is -2.18. The van der Waals surface area contributed by atoms with E-state index in [0.29, 0.717) is 17.7 Å². The number of para-hydroxylation sites is 2. The standard InChI is InChI=1S/C27H24N2O5/c1-33-19-13-10-18(11-14-19)12-15-26(31)29-24-9-5-3-7-21(24)27(32)34-17-25(30)22-16-28-23-8-4-2-6-20(22)23/h2-11,13-14,16,28H,12,15,17H2,1H3,(H,29,31). The molecule has 4 rings (SSSR count). The van der Waals surface area contributed by atoms with Gasteiger partial charge in [-0.25, -0.2) is 4.79 Å². The molecule has 0 aliphatic heterocycles. The number of carbonyl (C=O) groups is 3. The molecule has 0 fully saturated rings. The zero-order valence-electron chi connectivity index (χ0n) is 18.7. The van der Waals surface area contributed by atoms with Gasteiger partial charge in [-0.1, -0.05) is 42.5 Å². The van der Waals surface area contributed by atoms with Gasteiger partial charge in [0.2, 0.25) is 11.7 Å². The van der Waals surface area contributed by atoms with E-state index in [1.807, 2.05) is 48.5 Å². The van der Waals surface area contributed by atoms with Crippen molar-refractivity contribution in [2.24, 2.45) is 0 Å². The second-order valence-corrected chi connectivity index (χ2v) is 7.69. The summed E-state index contributed by atoms with van der Waals surface area (Å²) in [5.41, 5.74) is 2.82. The van der Waals surface area contributed by atoms with Crippen molar-refractivity contribution >= 4 is 34.3 Å². The van der Waals surface area contributed by atoms with Crippen molar-refractivity contribution in [1.29, 1.82) is 0 Å². The third-order valence-corrected chi connectivity index (χ3v) is 5.44. The first kappa shape index (κ1) is 22.8. The molecular formula is C27H24N2O5. The number of amides is 1. The molecule has 0 atom stereocenters. The highest BCUT2D eigenvalue weighted by Crippen LogP contribution is 2.20. The van der Waals surface area contributed by atoms with Gasteiger partial charge >= 0.3 is 5.97 Å². The number of benzene rings is 3. The molecular weight excluding hydrogens is 432 g/mol. The van der Waals surface area contributed by atoms with E-state index in [1.54, 1.807) is 37.6 Å². The van der Waals surface area contributed by atoms with Gasteiger partial charge < -0.3 is 19.8 Å². The first-order valence-corrected chi connectivity index (χ1v) is 10.8. The molecule has 1 aromatic heterocycles. The Morgan fingerprint density at radius 1 is 0.882 bits per heavy atom. The molecule has 3 aromatic carbocycles. The van der Waals surface area contributed by atoms with E-state index < -0.39 is 12.6 Å². The topological polar surface area (TPSA) is 97.5 Å². The largest absolute Gasteiger partial charge is 0.497 e. The normalized spacial score (nSPS) is 10.6. The first-order chi connectivity index (χ1) is 16.5. The zero-order valence-corrected chi connectivity index (χ0v) is 18.7. The molecule has 4 aromatic rings. The van der Waals surface area contributed by atoms with Crippen molar-refractivity contribution in [2.75, 3.05) is 19.0 Å². The van der Waals surface area contributed by atoms with Crippen LogP contribution in [0.15, 0.2) is 79.0 Å². The monoisotopic (exact) mass is 456 g/mol. The molecule has 0 unspecified atom stereocenters. The Balaban J connectivity index is 1.35. The summed E-state index contributed by atoms with van der Waals surface area (Å²) < 4.78 is 10.4. The average molecular weight is 456 g/mol. The third kappa shape index (κ3) is 5.32. The average Bonchev–Trinajstić information content (AvgIpc) is 3.31. The number of anilines is 1. The maximum atomic E-state index is 12.7. The van der Waals surface area contributed by atoms with Gasteiger partial charge in [-0.3, -0.25) is 9.59 Å². The van der Waals surface area contributed by atoms with Crippen LogP contribution in [0.1, 0.15) is 32.7 Å². The lowest BCUT2D eigenvalue weighted by molar-refractivity contribution is -0.116. The highest BCUT2D eigenvalue weighted by molar-refractivity contribution is 6.09. The van der Waals surface area contributed by atoms with Crippen LogP contribution in [0, 0.1) is 0 Å². The predicted octanol–water partition coefficient (Wildman–Crippen LogP) is 4.79. The molecule has 0 spiro atoms. The van der Waals surface area contributed by atoms with Crippen molar-refractivity contribution in [3.8, 4) is 5.75 Å². The number of aromatic amines is 1. The Morgan fingerprint density at radius 3 is 2.41 bits per heavy atom. The number of carbonyl (C=O) groups excluding carboxylic acids is 3. The Kier molecular flexibility index (Phi) is 7.03. The Bertz CT molecular complexity index is 1320. The molecule has 172 valence electrons. The van der Waals surface area contributed by atoms with Gasteiger partial charge in [0.15, 0.2) is 6.61 Å². The molecule has 7 nitrogen and oxygen atoms in total. The van der Waals surface area contributed by atoms with Gasteiger partial charge in [0.25, 0.3) is 0 Å². The summed E-state index contributed by atoms with van der Waals surface area (Å²) in [5.74, 6) is -0.471. The summed E-state index contributed by atoms with van der Waals surface area (Å²) in [4.78, 5) is 40.8. The molecule has 0 saturated carbocycles. The van der Waals surface area contributed by atoms with Crippen molar-refractivity contribution in [1.82, 2.24) is 4.98 Å². The van der Waals surface area contributed by atoms with Gasteiger partial charge in [-0.2, -0.15) is 0 Å². The lowest BCUT2D eigenvalue weighted by Gasteiger charge is -2.11. The van der Waals surface area contributed by atoms with Crippen LogP contribution in [-0.2, 0) is 16.0 Å². The summed E-state index contributed by atoms with van der Waals surface area (Å²) in [6, 6.07) is 21.5. The number of esters is 1. The fourth-order valence-corrected chi connectivity index (χ4v) is 3.62. The van der Waals surface area contributed by atoms with E-state index >= 15 is 0 Å². The fourth-order valence-electron chi connectivity index (χ4n) is 3.62. The minimum atomic E-state index is -0.681. The number of hydrogen-bond donors (Lipinski definition) is 2. The van der Waals surface area contributed by atoms with Crippen LogP contribution < -0.4 is 10.1 Å². The number of aryl methyl sites for hydroxylation is 1. The third-order valence-electron chi connectivity index (χ3n) is 5.44. The van der Waals surface area contributed by atoms with Crippen molar-refractivity contribution in [3.05, 3.63) is 95.7 Å². The van der Waals surface area contributed by atoms with E-state index in [1.165, 1.54) is 0 Å². The summed E-state index contributed by atoms with van der Waals surface area (Å²) in [6.45, 7) is -0.402. The smallest absolute Gasteiger partial charge is 0.340 e. The van der Waals surface area contributed by atoms with Gasteiger partial charge in [-0.15, -0.1) is 0 Å². The van der Waals surface area contributed by atoms with Crippen molar-refractivity contribution in [2.45, 2.75) is 12.8 Å². The van der Waals surface area contributed by atoms with E-state index in [0.717, 1.165) is 22.2 Å². The Morgan fingerprint density at radius 2 is 1.62 bits per heavy atom. The minimum absolute atomic E-state index is 0.187. The number of Topliss-reactive ketones (excluding diaryl/α,β-unsaturated/α-hetero) is 1. The van der Waals surface area contributed by atoms with E-state index in [4.69, 9.17) is 9.47 Å². The van der Waals surface area contributed by atoms with Crippen LogP contribution in [0.2, 0.25) is 0 Å². The maximum absolute atomic E-state index is 12.7.